The standard InChI is InChI=1S/C18H21NO3S2/c1-12(19-20)13-5-7-15(8-6-13)24-16-9-14(10-23-16)18(4)11-21-17(2,3)22-18/h5-10,20H,11H2,1-4H3/t18-/m1/s1. The van der Waals surface area contributed by atoms with Crippen LogP contribution in [0.15, 0.2) is 50.0 Å². The average molecular weight is 364 g/mol. The minimum atomic E-state index is -0.536. The third-order valence-electron chi connectivity index (χ3n) is 3.99. The molecule has 1 aromatic carbocycles. The smallest absolute Gasteiger partial charge is 0.164 e. The molecule has 0 saturated carbocycles. The van der Waals surface area contributed by atoms with E-state index in [4.69, 9.17) is 14.7 Å². The van der Waals surface area contributed by atoms with Crippen molar-refractivity contribution < 1.29 is 14.7 Å². The fraction of sp³-hybridized carbons (Fsp3) is 0.389. The van der Waals surface area contributed by atoms with Gasteiger partial charge in [-0.15, -0.1) is 11.3 Å². The summed E-state index contributed by atoms with van der Waals surface area (Å²) < 4.78 is 13.0. The van der Waals surface area contributed by atoms with Crippen molar-refractivity contribution in [2.45, 2.75) is 48.2 Å². The normalized spacial score (nSPS) is 23.6. The molecule has 2 heterocycles. The van der Waals surface area contributed by atoms with Gasteiger partial charge in [-0.3, -0.25) is 0 Å². The van der Waals surface area contributed by atoms with E-state index >= 15 is 0 Å². The first kappa shape index (κ1) is 17.5. The Morgan fingerprint density at radius 2 is 1.96 bits per heavy atom. The molecule has 1 N–H and O–H groups in total. The number of hydrogen-bond donors (Lipinski definition) is 1. The van der Waals surface area contributed by atoms with Gasteiger partial charge in [0.05, 0.1) is 16.5 Å². The van der Waals surface area contributed by atoms with Crippen molar-refractivity contribution in [2.75, 3.05) is 6.61 Å². The maximum absolute atomic E-state index is 8.82. The molecule has 0 unspecified atom stereocenters. The Labute approximate surface area is 150 Å². The van der Waals surface area contributed by atoms with E-state index in [2.05, 4.69) is 23.5 Å². The van der Waals surface area contributed by atoms with Crippen molar-refractivity contribution in [1.29, 1.82) is 0 Å². The van der Waals surface area contributed by atoms with Crippen LogP contribution in [0.25, 0.3) is 0 Å². The topological polar surface area (TPSA) is 51.1 Å². The molecule has 1 aromatic heterocycles. The summed E-state index contributed by atoms with van der Waals surface area (Å²) in [5, 5.41) is 14.2. The van der Waals surface area contributed by atoms with E-state index in [1.165, 1.54) is 4.21 Å². The molecule has 3 rings (SSSR count). The van der Waals surface area contributed by atoms with Gasteiger partial charge < -0.3 is 14.7 Å². The van der Waals surface area contributed by atoms with Crippen LogP contribution in [0.2, 0.25) is 0 Å². The van der Waals surface area contributed by atoms with Crippen LogP contribution < -0.4 is 0 Å². The fourth-order valence-electron chi connectivity index (χ4n) is 2.64. The molecule has 1 aliphatic heterocycles. The van der Waals surface area contributed by atoms with Gasteiger partial charge in [-0.05, 0) is 62.4 Å². The van der Waals surface area contributed by atoms with Gasteiger partial charge in [0.2, 0.25) is 0 Å². The van der Waals surface area contributed by atoms with Crippen molar-refractivity contribution in [3.8, 4) is 0 Å². The SMILES string of the molecule is CC(=NO)c1ccc(Sc2cc([C@@]3(C)COC(C)(C)O3)cs2)cc1. The van der Waals surface area contributed by atoms with Gasteiger partial charge in [-0.25, -0.2) is 0 Å². The average Bonchev–Trinajstić information content (AvgIpc) is 3.12. The second kappa shape index (κ2) is 6.52. The van der Waals surface area contributed by atoms with Crippen LogP contribution in [0.3, 0.4) is 0 Å². The highest BCUT2D eigenvalue weighted by molar-refractivity contribution is 8.01. The maximum Gasteiger partial charge on any atom is 0.164 e. The van der Waals surface area contributed by atoms with Crippen LogP contribution >= 0.6 is 23.1 Å². The molecule has 4 nitrogen and oxygen atoms in total. The molecule has 0 amide bonds. The Morgan fingerprint density at radius 1 is 1.25 bits per heavy atom. The van der Waals surface area contributed by atoms with Crippen LogP contribution in [0.4, 0.5) is 0 Å². The van der Waals surface area contributed by atoms with Crippen LogP contribution in [0.5, 0.6) is 0 Å². The molecule has 0 radical (unpaired) electrons. The van der Waals surface area contributed by atoms with E-state index in [1.54, 1.807) is 30.0 Å². The Bertz CT molecular complexity index is 752. The highest BCUT2D eigenvalue weighted by Crippen LogP contribution is 2.42. The molecular formula is C18H21NO3S2. The van der Waals surface area contributed by atoms with Crippen molar-refractivity contribution in [2.24, 2.45) is 5.16 Å². The number of ether oxygens (including phenoxy) is 2. The van der Waals surface area contributed by atoms with Gasteiger partial charge in [-0.2, -0.15) is 0 Å². The van der Waals surface area contributed by atoms with Gasteiger partial charge in [0.1, 0.15) is 5.60 Å². The molecule has 128 valence electrons. The molecular weight excluding hydrogens is 342 g/mol. The third-order valence-corrected chi connectivity index (χ3v) is 6.08. The summed E-state index contributed by atoms with van der Waals surface area (Å²) in [5.74, 6) is -0.536. The maximum atomic E-state index is 8.82. The first-order valence-electron chi connectivity index (χ1n) is 7.71. The Kier molecular flexibility index (Phi) is 4.75. The second-order valence-corrected chi connectivity index (χ2v) is 8.77. The summed E-state index contributed by atoms with van der Waals surface area (Å²) in [6.45, 7) is 8.30. The predicted octanol–water partition coefficient (Wildman–Crippen LogP) is 5.10. The lowest BCUT2D eigenvalue weighted by molar-refractivity contribution is -0.159. The lowest BCUT2D eigenvalue weighted by Crippen LogP contribution is -2.27. The Hall–Kier alpha value is -1.34. The zero-order valence-corrected chi connectivity index (χ0v) is 15.8. The van der Waals surface area contributed by atoms with Gasteiger partial charge >= 0.3 is 0 Å². The van der Waals surface area contributed by atoms with E-state index in [0.717, 1.165) is 16.0 Å². The summed E-state index contributed by atoms with van der Waals surface area (Å²) in [6, 6.07) is 10.2. The molecule has 24 heavy (non-hydrogen) atoms. The van der Waals surface area contributed by atoms with E-state index in [1.807, 2.05) is 38.1 Å². The number of benzene rings is 1. The summed E-state index contributed by atoms with van der Waals surface area (Å²) in [6.07, 6.45) is 0. The highest BCUT2D eigenvalue weighted by atomic mass is 32.2. The first-order valence-corrected chi connectivity index (χ1v) is 9.41. The Balaban J connectivity index is 1.73. The molecule has 1 fully saturated rings. The van der Waals surface area contributed by atoms with Gasteiger partial charge in [0.25, 0.3) is 0 Å². The van der Waals surface area contributed by atoms with E-state index < -0.39 is 11.4 Å². The van der Waals surface area contributed by atoms with Gasteiger partial charge in [0.15, 0.2) is 5.79 Å². The molecule has 0 bridgehead atoms. The van der Waals surface area contributed by atoms with Gasteiger partial charge in [0, 0.05) is 4.90 Å². The summed E-state index contributed by atoms with van der Waals surface area (Å²) in [4.78, 5) is 1.15. The summed E-state index contributed by atoms with van der Waals surface area (Å²) in [5.41, 5.74) is 2.29. The number of hydrogen-bond acceptors (Lipinski definition) is 6. The first-order chi connectivity index (χ1) is 11.3. The van der Waals surface area contributed by atoms with E-state index in [9.17, 15) is 0 Å². The molecule has 1 saturated heterocycles. The number of oxime groups is 1. The van der Waals surface area contributed by atoms with E-state index in [0.29, 0.717) is 12.3 Å². The second-order valence-electron chi connectivity index (χ2n) is 6.49. The third kappa shape index (κ3) is 3.67. The predicted molar refractivity (Wildman–Crippen MR) is 97.3 cm³/mol. The lowest BCUT2D eigenvalue weighted by atomic mass is 10.0. The van der Waals surface area contributed by atoms with Crippen molar-refractivity contribution in [3.63, 3.8) is 0 Å². The van der Waals surface area contributed by atoms with Gasteiger partial charge in [-0.1, -0.05) is 29.1 Å². The largest absolute Gasteiger partial charge is 0.411 e. The molecule has 0 spiro atoms. The zero-order chi connectivity index (χ0) is 17.4. The van der Waals surface area contributed by atoms with E-state index in [-0.39, 0.29) is 0 Å². The molecule has 2 aromatic rings. The fourth-order valence-corrected chi connectivity index (χ4v) is 4.71. The van der Waals surface area contributed by atoms with Crippen molar-refractivity contribution in [3.05, 3.63) is 46.8 Å². The molecule has 6 heteroatoms. The quantitative estimate of drug-likeness (QED) is 0.467. The monoisotopic (exact) mass is 363 g/mol. The van der Waals surface area contributed by atoms with Crippen molar-refractivity contribution >= 4 is 28.8 Å². The summed E-state index contributed by atoms with van der Waals surface area (Å²) >= 11 is 3.42. The number of nitrogens with zero attached hydrogens (tertiary/aromatic N) is 1. The number of thiophene rings is 1. The molecule has 0 aliphatic carbocycles. The zero-order valence-electron chi connectivity index (χ0n) is 14.2. The van der Waals surface area contributed by atoms with Crippen LogP contribution in [-0.2, 0) is 15.1 Å². The highest BCUT2D eigenvalue weighted by Gasteiger charge is 2.43. The lowest BCUT2D eigenvalue weighted by Gasteiger charge is -2.24. The van der Waals surface area contributed by atoms with Crippen LogP contribution in [0, 0.1) is 0 Å². The minimum absolute atomic E-state index is 0.391. The number of rotatable bonds is 4. The van der Waals surface area contributed by atoms with Crippen molar-refractivity contribution in [1.82, 2.24) is 0 Å². The Morgan fingerprint density at radius 3 is 2.54 bits per heavy atom. The van der Waals surface area contributed by atoms with Crippen LogP contribution in [-0.4, -0.2) is 23.3 Å². The minimum Gasteiger partial charge on any atom is -0.411 e. The molecule has 1 atom stereocenters. The van der Waals surface area contributed by atoms with Crippen LogP contribution in [0.1, 0.15) is 38.8 Å². The molecule has 1 aliphatic rings. The summed E-state index contributed by atoms with van der Waals surface area (Å²) in [7, 11) is 0.